The molecule has 4 heteroatoms. The molecule has 0 N–H and O–H groups in total. The molecular weight excluding hydrogens is 180 g/mol. The Balaban J connectivity index is 2.77. The van der Waals surface area contributed by atoms with Gasteiger partial charge >= 0.3 is 0 Å². The zero-order chi connectivity index (χ0) is 9.97. The number of hydrogen-bond acceptors (Lipinski definition) is 4. The van der Waals surface area contributed by atoms with Crippen LogP contribution in [0.2, 0.25) is 0 Å². The standard InChI is InChI=1S/C10H10N2O2/c1-13-9-4-3-7-5-11-12-6-8(7)10(9)14-2/h3-6H,1-2H3. The van der Waals surface area contributed by atoms with E-state index in [0.717, 1.165) is 10.8 Å². The van der Waals surface area contributed by atoms with Crippen molar-refractivity contribution in [3.63, 3.8) is 0 Å². The minimum atomic E-state index is 0.694. The molecule has 0 unspecified atom stereocenters. The first-order valence-corrected chi connectivity index (χ1v) is 4.18. The van der Waals surface area contributed by atoms with E-state index < -0.39 is 0 Å². The lowest BCUT2D eigenvalue weighted by molar-refractivity contribution is 0.358. The van der Waals surface area contributed by atoms with Crippen LogP contribution < -0.4 is 9.47 Å². The smallest absolute Gasteiger partial charge is 0.170 e. The fourth-order valence-corrected chi connectivity index (χ4v) is 1.40. The van der Waals surface area contributed by atoms with Gasteiger partial charge in [0.15, 0.2) is 11.5 Å². The normalized spacial score (nSPS) is 10.1. The topological polar surface area (TPSA) is 44.2 Å². The van der Waals surface area contributed by atoms with Crippen molar-refractivity contribution < 1.29 is 9.47 Å². The number of nitrogens with zero attached hydrogens (tertiary/aromatic N) is 2. The largest absolute Gasteiger partial charge is 0.493 e. The lowest BCUT2D eigenvalue weighted by Crippen LogP contribution is -1.92. The number of benzene rings is 1. The summed E-state index contributed by atoms with van der Waals surface area (Å²) in [6.07, 6.45) is 3.36. The summed E-state index contributed by atoms with van der Waals surface area (Å²) >= 11 is 0. The molecule has 0 bridgehead atoms. The number of aromatic nitrogens is 2. The molecule has 72 valence electrons. The lowest BCUT2D eigenvalue weighted by atomic mass is 10.2. The van der Waals surface area contributed by atoms with Crippen LogP contribution in [0.25, 0.3) is 10.8 Å². The Hall–Kier alpha value is -1.84. The number of fused-ring (bicyclic) bond motifs is 1. The highest BCUT2D eigenvalue weighted by Crippen LogP contribution is 2.33. The summed E-state index contributed by atoms with van der Waals surface area (Å²) in [5.74, 6) is 1.40. The summed E-state index contributed by atoms with van der Waals surface area (Å²) in [6, 6.07) is 3.77. The maximum Gasteiger partial charge on any atom is 0.170 e. The molecule has 0 fully saturated rings. The van der Waals surface area contributed by atoms with Gasteiger partial charge in [0.2, 0.25) is 0 Å². The van der Waals surface area contributed by atoms with Gasteiger partial charge in [-0.25, -0.2) is 0 Å². The highest BCUT2D eigenvalue weighted by molar-refractivity contribution is 5.89. The van der Waals surface area contributed by atoms with Crippen LogP contribution in [0.3, 0.4) is 0 Å². The molecule has 1 aromatic carbocycles. The first-order chi connectivity index (χ1) is 6.86. The second kappa shape index (κ2) is 3.49. The molecule has 1 heterocycles. The van der Waals surface area contributed by atoms with Crippen molar-refractivity contribution in [1.82, 2.24) is 10.2 Å². The van der Waals surface area contributed by atoms with E-state index in [4.69, 9.17) is 9.47 Å². The molecule has 0 aliphatic rings. The lowest BCUT2D eigenvalue weighted by Gasteiger charge is -2.09. The molecule has 1 aromatic heterocycles. The molecule has 0 amide bonds. The van der Waals surface area contributed by atoms with Gasteiger partial charge in [-0.2, -0.15) is 10.2 Å². The maximum absolute atomic E-state index is 5.26. The second-order valence-electron chi connectivity index (χ2n) is 2.79. The Bertz CT molecular complexity index is 457. The Morgan fingerprint density at radius 2 is 1.79 bits per heavy atom. The van der Waals surface area contributed by atoms with E-state index in [1.807, 2.05) is 12.1 Å². The fraction of sp³-hybridized carbons (Fsp3) is 0.200. The van der Waals surface area contributed by atoms with Crippen LogP contribution in [-0.2, 0) is 0 Å². The van der Waals surface area contributed by atoms with Crippen molar-refractivity contribution in [2.45, 2.75) is 0 Å². The molecule has 0 radical (unpaired) electrons. The Kier molecular flexibility index (Phi) is 2.18. The molecule has 0 aliphatic heterocycles. The maximum atomic E-state index is 5.26. The summed E-state index contributed by atoms with van der Waals surface area (Å²) in [7, 11) is 3.22. The predicted octanol–water partition coefficient (Wildman–Crippen LogP) is 1.65. The third-order valence-electron chi connectivity index (χ3n) is 2.07. The van der Waals surface area contributed by atoms with E-state index in [1.165, 1.54) is 0 Å². The minimum Gasteiger partial charge on any atom is -0.493 e. The van der Waals surface area contributed by atoms with Crippen molar-refractivity contribution in [2.24, 2.45) is 0 Å². The molecule has 4 nitrogen and oxygen atoms in total. The summed E-state index contributed by atoms with van der Waals surface area (Å²) in [6.45, 7) is 0. The molecule has 0 aliphatic carbocycles. The van der Waals surface area contributed by atoms with E-state index in [2.05, 4.69) is 10.2 Å². The Morgan fingerprint density at radius 3 is 2.50 bits per heavy atom. The minimum absolute atomic E-state index is 0.694. The molecular formula is C10H10N2O2. The van der Waals surface area contributed by atoms with Crippen LogP contribution >= 0.6 is 0 Å². The van der Waals surface area contributed by atoms with E-state index in [-0.39, 0.29) is 0 Å². The first kappa shape index (κ1) is 8.74. The van der Waals surface area contributed by atoms with Gasteiger partial charge in [0.1, 0.15) is 0 Å². The van der Waals surface area contributed by atoms with Crippen molar-refractivity contribution in [2.75, 3.05) is 14.2 Å². The third kappa shape index (κ3) is 1.25. The van der Waals surface area contributed by atoms with Gasteiger partial charge in [0.25, 0.3) is 0 Å². The first-order valence-electron chi connectivity index (χ1n) is 4.18. The third-order valence-corrected chi connectivity index (χ3v) is 2.07. The van der Waals surface area contributed by atoms with Gasteiger partial charge in [-0.15, -0.1) is 0 Å². The van der Waals surface area contributed by atoms with Gasteiger partial charge < -0.3 is 9.47 Å². The molecule has 2 rings (SSSR count). The predicted molar refractivity (Wildman–Crippen MR) is 52.6 cm³/mol. The van der Waals surface area contributed by atoms with Crippen LogP contribution in [-0.4, -0.2) is 24.4 Å². The van der Waals surface area contributed by atoms with Gasteiger partial charge in [-0.1, -0.05) is 0 Å². The SMILES string of the molecule is COc1ccc2cnncc2c1OC. The van der Waals surface area contributed by atoms with E-state index in [0.29, 0.717) is 11.5 Å². The summed E-state index contributed by atoms with van der Waals surface area (Å²) in [5, 5.41) is 9.50. The molecule has 2 aromatic rings. The second-order valence-corrected chi connectivity index (χ2v) is 2.79. The van der Waals surface area contributed by atoms with Crippen molar-refractivity contribution in [3.8, 4) is 11.5 Å². The monoisotopic (exact) mass is 190 g/mol. The van der Waals surface area contributed by atoms with Crippen LogP contribution in [0, 0.1) is 0 Å². The van der Waals surface area contributed by atoms with Crippen LogP contribution in [0.5, 0.6) is 11.5 Å². The van der Waals surface area contributed by atoms with Gasteiger partial charge in [-0.05, 0) is 12.1 Å². The zero-order valence-corrected chi connectivity index (χ0v) is 8.02. The van der Waals surface area contributed by atoms with E-state index >= 15 is 0 Å². The highest BCUT2D eigenvalue weighted by Gasteiger charge is 2.08. The van der Waals surface area contributed by atoms with Crippen molar-refractivity contribution in [1.29, 1.82) is 0 Å². The average molecular weight is 190 g/mol. The Labute approximate surface area is 81.5 Å². The van der Waals surface area contributed by atoms with Crippen LogP contribution in [0.4, 0.5) is 0 Å². The van der Waals surface area contributed by atoms with Crippen LogP contribution in [0.15, 0.2) is 24.5 Å². The molecule has 0 spiro atoms. The summed E-state index contributed by atoms with van der Waals surface area (Å²) in [4.78, 5) is 0. The highest BCUT2D eigenvalue weighted by atomic mass is 16.5. The molecule has 0 atom stereocenters. The number of methoxy groups -OCH3 is 2. The zero-order valence-electron chi connectivity index (χ0n) is 8.02. The number of ether oxygens (including phenoxy) is 2. The van der Waals surface area contributed by atoms with Gasteiger partial charge in [0.05, 0.1) is 26.6 Å². The Morgan fingerprint density at radius 1 is 1.00 bits per heavy atom. The van der Waals surface area contributed by atoms with E-state index in [1.54, 1.807) is 26.6 Å². The fourth-order valence-electron chi connectivity index (χ4n) is 1.40. The molecule has 0 saturated carbocycles. The summed E-state index contributed by atoms with van der Waals surface area (Å²) < 4.78 is 10.4. The van der Waals surface area contributed by atoms with Gasteiger partial charge in [0, 0.05) is 10.8 Å². The summed E-state index contributed by atoms with van der Waals surface area (Å²) in [5.41, 5.74) is 0. The number of rotatable bonds is 2. The average Bonchev–Trinajstić information content (AvgIpc) is 2.27. The van der Waals surface area contributed by atoms with Crippen molar-refractivity contribution in [3.05, 3.63) is 24.5 Å². The van der Waals surface area contributed by atoms with Crippen molar-refractivity contribution >= 4 is 10.8 Å². The van der Waals surface area contributed by atoms with E-state index in [9.17, 15) is 0 Å². The van der Waals surface area contributed by atoms with Crippen LogP contribution in [0.1, 0.15) is 0 Å². The quantitative estimate of drug-likeness (QED) is 0.722. The number of hydrogen-bond donors (Lipinski definition) is 0. The molecule has 14 heavy (non-hydrogen) atoms. The van der Waals surface area contributed by atoms with Gasteiger partial charge in [-0.3, -0.25) is 0 Å². The molecule has 0 saturated heterocycles.